The first-order chi connectivity index (χ1) is 14.5. The lowest BCUT2D eigenvalue weighted by atomic mass is 9.99. The highest BCUT2D eigenvalue weighted by molar-refractivity contribution is 7.89. The van der Waals surface area contributed by atoms with Crippen molar-refractivity contribution in [1.82, 2.24) is 14.3 Å². The molecule has 4 rings (SSSR count). The first kappa shape index (κ1) is 20.4. The Kier molecular flexibility index (Phi) is 5.78. The number of nitrogens with zero attached hydrogens (tertiary/aromatic N) is 3. The second-order valence-electron chi connectivity index (χ2n) is 7.46. The molecule has 0 bridgehead atoms. The standard InChI is InChI=1S/C22H24N4O3S/c1-2-30(28,29)26-7-4-20(5-8-26)25-22-11-18(10-17-3-6-23-14-21(17)22)19-9-16(15-27)12-24-13-19/h3,6,9-15,20,25H,2,4-5,7-8H2,1H3. The van der Waals surface area contributed by atoms with E-state index in [0.29, 0.717) is 18.7 Å². The van der Waals surface area contributed by atoms with E-state index in [9.17, 15) is 13.2 Å². The first-order valence-corrected chi connectivity index (χ1v) is 11.6. The summed E-state index contributed by atoms with van der Waals surface area (Å²) in [4.78, 5) is 19.6. The van der Waals surface area contributed by atoms with E-state index < -0.39 is 10.0 Å². The van der Waals surface area contributed by atoms with Crippen LogP contribution in [0.25, 0.3) is 21.9 Å². The highest BCUT2D eigenvalue weighted by Gasteiger charge is 2.26. The van der Waals surface area contributed by atoms with Crippen molar-refractivity contribution in [2.75, 3.05) is 24.2 Å². The number of hydrogen-bond donors (Lipinski definition) is 1. The molecule has 1 aliphatic heterocycles. The molecular weight excluding hydrogens is 400 g/mol. The van der Waals surface area contributed by atoms with Crippen LogP contribution >= 0.6 is 0 Å². The van der Waals surface area contributed by atoms with Gasteiger partial charge in [0.05, 0.1) is 5.75 Å². The number of rotatable bonds is 6. The van der Waals surface area contributed by atoms with Crippen LogP contribution in [-0.4, -0.2) is 53.9 Å². The van der Waals surface area contributed by atoms with E-state index in [1.54, 1.807) is 29.8 Å². The van der Waals surface area contributed by atoms with Gasteiger partial charge in [0, 0.05) is 66.1 Å². The van der Waals surface area contributed by atoms with Crippen LogP contribution in [-0.2, 0) is 10.0 Å². The van der Waals surface area contributed by atoms with Crippen LogP contribution in [0.5, 0.6) is 0 Å². The fourth-order valence-electron chi connectivity index (χ4n) is 3.85. The highest BCUT2D eigenvalue weighted by Crippen LogP contribution is 2.32. The molecule has 1 saturated heterocycles. The number of nitrogens with one attached hydrogen (secondary N) is 1. The first-order valence-electron chi connectivity index (χ1n) is 10.0. The molecule has 1 aromatic carbocycles. The molecule has 1 N–H and O–H groups in total. The van der Waals surface area contributed by atoms with E-state index in [-0.39, 0.29) is 11.8 Å². The molecule has 0 saturated carbocycles. The van der Waals surface area contributed by atoms with Crippen molar-refractivity contribution in [3.05, 3.63) is 54.6 Å². The summed E-state index contributed by atoms with van der Waals surface area (Å²) in [6, 6.07) is 8.05. The average Bonchev–Trinajstić information content (AvgIpc) is 2.79. The summed E-state index contributed by atoms with van der Waals surface area (Å²) in [5.41, 5.74) is 3.30. The molecule has 0 unspecified atom stereocenters. The number of sulfonamides is 1. The quantitative estimate of drug-likeness (QED) is 0.610. The second kappa shape index (κ2) is 8.49. The fourth-order valence-corrected chi connectivity index (χ4v) is 4.98. The summed E-state index contributed by atoms with van der Waals surface area (Å²) < 4.78 is 25.8. The molecule has 0 spiro atoms. The van der Waals surface area contributed by atoms with E-state index in [2.05, 4.69) is 21.4 Å². The van der Waals surface area contributed by atoms with Crippen LogP contribution in [0.4, 0.5) is 5.69 Å². The molecule has 0 atom stereocenters. The number of carbonyl (C=O) groups is 1. The summed E-state index contributed by atoms with van der Waals surface area (Å²) in [6.07, 6.45) is 9.15. The lowest BCUT2D eigenvalue weighted by molar-refractivity contribution is 0.112. The molecule has 1 fully saturated rings. The molecule has 0 radical (unpaired) electrons. The average molecular weight is 425 g/mol. The molecule has 30 heavy (non-hydrogen) atoms. The smallest absolute Gasteiger partial charge is 0.213 e. The molecule has 0 aliphatic carbocycles. The van der Waals surface area contributed by atoms with Gasteiger partial charge in [-0.3, -0.25) is 14.8 Å². The van der Waals surface area contributed by atoms with Gasteiger partial charge in [0.25, 0.3) is 0 Å². The van der Waals surface area contributed by atoms with E-state index >= 15 is 0 Å². The zero-order chi connectivity index (χ0) is 21.1. The summed E-state index contributed by atoms with van der Waals surface area (Å²) in [5.74, 6) is 0.136. The Balaban J connectivity index is 1.63. The Morgan fingerprint density at radius 3 is 2.63 bits per heavy atom. The maximum atomic E-state index is 12.1. The monoisotopic (exact) mass is 424 g/mol. The van der Waals surface area contributed by atoms with Gasteiger partial charge in [-0.2, -0.15) is 0 Å². The van der Waals surface area contributed by atoms with Gasteiger partial charge in [0.1, 0.15) is 0 Å². The van der Waals surface area contributed by atoms with Crippen molar-refractivity contribution in [2.24, 2.45) is 0 Å². The summed E-state index contributed by atoms with van der Waals surface area (Å²) in [7, 11) is -3.14. The number of fused-ring (bicyclic) bond motifs is 1. The lowest BCUT2D eigenvalue weighted by Gasteiger charge is -2.32. The predicted molar refractivity (Wildman–Crippen MR) is 118 cm³/mol. The number of benzene rings is 1. The van der Waals surface area contributed by atoms with Crippen LogP contribution in [0, 0.1) is 0 Å². The van der Waals surface area contributed by atoms with E-state index in [0.717, 1.165) is 46.7 Å². The second-order valence-corrected chi connectivity index (χ2v) is 9.72. The molecule has 156 valence electrons. The van der Waals surface area contributed by atoms with E-state index in [1.807, 2.05) is 24.4 Å². The minimum absolute atomic E-state index is 0.136. The summed E-state index contributed by atoms with van der Waals surface area (Å²) in [5, 5.41) is 5.64. The van der Waals surface area contributed by atoms with Gasteiger partial charge in [0.2, 0.25) is 10.0 Å². The number of aldehydes is 1. The predicted octanol–water partition coefficient (Wildman–Crippen LogP) is 3.34. The summed E-state index contributed by atoms with van der Waals surface area (Å²) in [6.45, 7) is 2.72. The molecule has 1 aliphatic rings. The minimum Gasteiger partial charge on any atom is -0.382 e. The minimum atomic E-state index is -3.14. The van der Waals surface area contributed by atoms with Crippen molar-refractivity contribution in [2.45, 2.75) is 25.8 Å². The topological polar surface area (TPSA) is 92.3 Å². The van der Waals surface area contributed by atoms with Gasteiger partial charge >= 0.3 is 0 Å². The van der Waals surface area contributed by atoms with Crippen LogP contribution in [0.1, 0.15) is 30.1 Å². The molecule has 7 nitrogen and oxygen atoms in total. The molecular formula is C22H24N4O3S. The SMILES string of the molecule is CCS(=O)(=O)N1CCC(Nc2cc(-c3cncc(C=O)c3)cc3ccncc23)CC1. The van der Waals surface area contributed by atoms with Crippen molar-refractivity contribution in [1.29, 1.82) is 0 Å². The lowest BCUT2D eigenvalue weighted by Crippen LogP contribution is -2.42. The van der Waals surface area contributed by atoms with Crippen LogP contribution in [0.2, 0.25) is 0 Å². The van der Waals surface area contributed by atoms with Crippen LogP contribution < -0.4 is 5.32 Å². The Morgan fingerprint density at radius 1 is 1.10 bits per heavy atom. The normalized spacial score (nSPS) is 15.9. The Bertz CT molecular complexity index is 1170. The van der Waals surface area contributed by atoms with Gasteiger partial charge < -0.3 is 5.32 Å². The van der Waals surface area contributed by atoms with Crippen molar-refractivity contribution < 1.29 is 13.2 Å². The van der Waals surface area contributed by atoms with Gasteiger partial charge in [0.15, 0.2) is 6.29 Å². The van der Waals surface area contributed by atoms with Crippen LogP contribution in [0.15, 0.2) is 49.1 Å². The fraction of sp³-hybridized carbons (Fsp3) is 0.318. The highest BCUT2D eigenvalue weighted by atomic mass is 32.2. The number of aromatic nitrogens is 2. The molecule has 0 amide bonds. The molecule has 2 aromatic heterocycles. The van der Waals surface area contributed by atoms with Crippen molar-refractivity contribution >= 4 is 32.8 Å². The maximum absolute atomic E-state index is 12.1. The third kappa shape index (κ3) is 4.20. The maximum Gasteiger partial charge on any atom is 0.213 e. The molecule has 8 heteroatoms. The number of piperidine rings is 1. The third-order valence-corrected chi connectivity index (χ3v) is 7.44. The van der Waals surface area contributed by atoms with E-state index in [4.69, 9.17) is 0 Å². The number of anilines is 1. The third-order valence-electron chi connectivity index (χ3n) is 5.56. The Hall–Kier alpha value is -2.84. The number of carbonyl (C=O) groups excluding carboxylic acids is 1. The van der Waals surface area contributed by atoms with Gasteiger partial charge in [-0.15, -0.1) is 0 Å². The Morgan fingerprint density at radius 2 is 1.90 bits per heavy atom. The zero-order valence-electron chi connectivity index (χ0n) is 16.8. The number of hydrogen-bond acceptors (Lipinski definition) is 6. The Labute approximate surface area is 176 Å². The number of pyridine rings is 2. The summed E-state index contributed by atoms with van der Waals surface area (Å²) >= 11 is 0. The van der Waals surface area contributed by atoms with E-state index in [1.165, 1.54) is 0 Å². The van der Waals surface area contributed by atoms with Crippen LogP contribution in [0.3, 0.4) is 0 Å². The van der Waals surface area contributed by atoms with Gasteiger partial charge in [-0.25, -0.2) is 12.7 Å². The molecule has 3 heterocycles. The van der Waals surface area contributed by atoms with Gasteiger partial charge in [-0.05, 0) is 55.0 Å². The largest absolute Gasteiger partial charge is 0.382 e. The van der Waals surface area contributed by atoms with Crippen molar-refractivity contribution in [3.8, 4) is 11.1 Å². The zero-order valence-corrected chi connectivity index (χ0v) is 17.6. The molecule has 3 aromatic rings. The van der Waals surface area contributed by atoms with Crippen molar-refractivity contribution in [3.63, 3.8) is 0 Å². The van der Waals surface area contributed by atoms with Gasteiger partial charge in [-0.1, -0.05) is 0 Å².